The van der Waals surface area contributed by atoms with Crippen molar-refractivity contribution in [3.8, 4) is 0 Å². The molecule has 2 heteroatoms. The highest BCUT2D eigenvalue weighted by Gasteiger charge is 1.81. The van der Waals surface area contributed by atoms with Crippen molar-refractivity contribution in [1.29, 1.82) is 0 Å². The lowest BCUT2D eigenvalue weighted by molar-refractivity contribution is 1.53. The Morgan fingerprint density at radius 2 is 2.50 bits per heavy atom. The summed E-state index contributed by atoms with van der Waals surface area (Å²) in [6.07, 6.45) is 2.01. The van der Waals surface area contributed by atoms with Gasteiger partial charge < -0.3 is 0 Å². The van der Waals surface area contributed by atoms with Gasteiger partial charge in [-0.15, -0.1) is 11.8 Å². The van der Waals surface area contributed by atoms with Gasteiger partial charge in [0.05, 0.1) is 0 Å². The van der Waals surface area contributed by atoms with Crippen molar-refractivity contribution in [2.45, 2.75) is 6.92 Å². The van der Waals surface area contributed by atoms with E-state index in [-0.39, 0.29) is 0 Å². The summed E-state index contributed by atoms with van der Waals surface area (Å²) >= 11 is 3.96. The van der Waals surface area contributed by atoms with Crippen LogP contribution in [0.5, 0.6) is 0 Å². The van der Waals surface area contributed by atoms with Crippen molar-refractivity contribution in [2.75, 3.05) is 5.75 Å². The lowest BCUT2D eigenvalue weighted by Crippen LogP contribution is -1.65. The smallest absolute Gasteiger partial charge is 0.000437 e. The first-order chi connectivity index (χ1) is 3.81. The van der Waals surface area contributed by atoms with Crippen LogP contribution in [0.1, 0.15) is 6.92 Å². The number of halogens is 1. The van der Waals surface area contributed by atoms with Gasteiger partial charge in [-0.25, -0.2) is 0 Å². The Morgan fingerprint density at radius 3 is 2.88 bits per heavy atom. The summed E-state index contributed by atoms with van der Waals surface area (Å²) in [4.78, 5) is 1.14. The molecule has 0 fully saturated rings. The second kappa shape index (κ2) is 5.69. The minimum Gasteiger partial charge on any atom is -0.127 e. The van der Waals surface area contributed by atoms with E-state index in [4.69, 9.17) is 0 Å². The lowest BCUT2D eigenvalue weighted by atomic mass is 10.6. The first-order valence-electron chi connectivity index (χ1n) is 2.39. The van der Waals surface area contributed by atoms with Crippen molar-refractivity contribution in [3.63, 3.8) is 0 Å². The van der Waals surface area contributed by atoms with Crippen molar-refractivity contribution < 1.29 is 0 Å². The molecule has 0 aliphatic carbocycles. The largest absolute Gasteiger partial charge is 0.127 e. The zero-order valence-corrected chi connectivity index (χ0v) is 7.83. The van der Waals surface area contributed by atoms with Gasteiger partial charge in [-0.2, -0.15) is 0 Å². The monoisotopic (exact) mass is 240 g/mol. The minimum atomic E-state index is 1.11. The summed E-state index contributed by atoms with van der Waals surface area (Å²) in [5.74, 6) is 1.11. The summed E-state index contributed by atoms with van der Waals surface area (Å²) in [6, 6.07) is 0. The minimum absolute atomic E-state index is 1.11. The summed E-state index contributed by atoms with van der Waals surface area (Å²) in [5, 5.41) is 0. The maximum Gasteiger partial charge on any atom is 0.000437 e. The van der Waals surface area contributed by atoms with E-state index < -0.39 is 0 Å². The quantitative estimate of drug-likeness (QED) is 0.539. The summed E-state index contributed by atoms with van der Waals surface area (Å²) in [7, 11) is 0. The molecule has 46 valence electrons. The van der Waals surface area contributed by atoms with Gasteiger partial charge in [-0.05, 0) is 15.9 Å². The first-order valence-corrected chi connectivity index (χ1v) is 4.62. The van der Waals surface area contributed by atoms with Crippen LogP contribution >= 0.6 is 34.4 Å². The van der Waals surface area contributed by atoms with Crippen molar-refractivity contribution >= 4 is 34.4 Å². The normalized spacial score (nSPS) is 10.2. The predicted octanol–water partition coefficient (Wildman–Crippen LogP) is 3.20. The van der Waals surface area contributed by atoms with Gasteiger partial charge >= 0.3 is 0 Å². The Hall–Kier alpha value is 0.560. The molecular formula is C6H9IS. The Kier molecular flexibility index (Phi) is 6.09. The van der Waals surface area contributed by atoms with E-state index in [0.717, 1.165) is 10.7 Å². The maximum absolute atomic E-state index is 3.81. The van der Waals surface area contributed by atoms with Crippen molar-refractivity contribution in [2.24, 2.45) is 0 Å². The predicted molar refractivity (Wildman–Crippen MR) is 50.4 cm³/mol. The molecule has 0 N–H and O–H groups in total. The third-order valence-electron chi connectivity index (χ3n) is 0.579. The second-order valence-electron chi connectivity index (χ2n) is 1.19. The summed E-state index contributed by atoms with van der Waals surface area (Å²) in [6.45, 7) is 5.93. The Labute approximate surface area is 68.6 Å². The number of hydrogen-bond acceptors (Lipinski definition) is 1. The van der Waals surface area contributed by atoms with Crippen molar-refractivity contribution in [1.82, 2.24) is 0 Å². The van der Waals surface area contributed by atoms with Gasteiger partial charge in [0.2, 0.25) is 0 Å². The molecule has 0 amide bonds. The van der Waals surface area contributed by atoms with Gasteiger partial charge in [0.25, 0.3) is 0 Å². The molecule has 0 aromatic rings. The van der Waals surface area contributed by atoms with E-state index in [2.05, 4.69) is 36.1 Å². The van der Waals surface area contributed by atoms with Crippen LogP contribution in [0.3, 0.4) is 0 Å². The molecule has 0 unspecified atom stereocenters. The molecule has 0 nitrogen and oxygen atoms in total. The van der Waals surface area contributed by atoms with Crippen molar-refractivity contribution in [3.05, 3.63) is 21.6 Å². The van der Waals surface area contributed by atoms with E-state index in [9.17, 15) is 0 Å². The Morgan fingerprint density at radius 1 is 1.88 bits per heavy atom. The summed E-state index contributed by atoms with van der Waals surface area (Å²) in [5.41, 5.74) is 0. The second-order valence-corrected chi connectivity index (χ2v) is 3.30. The molecule has 0 aromatic carbocycles. The molecule has 0 heterocycles. The van der Waals surface area contributed by atoms with Crippen LogP contribution in [-0.2, 0) is 0 Å². The lowest BCUT2D eigenvalue weighted by Gasteiger charge is -1.90. The molecule has 0 aromatic heterocycles. The fourth-order valence-electron chi connectivity index (χ4n) is 0.304. The van der Waals surface area contributed by atoms with Gasteiger partial charge in [-0.3, -0.25) is 0 Å². The number of thioether (sulfide) groups is 1. The third kappa shape index (κ3) is 4.71. The van der Waals surface area contributed by atoms with Gasteiger partial charge in [-0.1, -0.05) is 36.1 Å². The average Bonchev–Trinajstić information content (AvgIpc) is 1.68. The molecule has 0 atom stereocenters. The van der Waals surface area contributed by atoms with Gasteiger partial charge in [0, 0.05) is 4.91 Å². The maximum atomic E-state index is 3.81. The first kappa shape index (κ1) is 8.56. The van der Waals surface area contributed by atoms with E-state index in [1.165, 1.54) is 0 Å². The van der Waals surface area contributed by atoms with Crippen LogP contribution in [0, 0.1) is 0 Å². The van der Waals surface area contributed by atoms with E-state index in [0.29, 0.717) is 0 Å². The molecule has 0 radical (unpaired) electrons. The molecule has 0 bridgehead atoms. The standard InChI is InChI=1S/C6H9IS/c1-3-8-6(2)4-5-7/h4-5H,2-3H2,1H3/b5-4-. The summed E-state index contributed by atoms with van der Waals surface area (Å²) < 4.78 is 1.97. The fourth-order valence-corrected chi connectivity index (χ4v) is 1.52. The molecule has 8 heavy (non-hydrogen) atoms. The number of hydrogen-bond donors (Lipinski definition) is 0. The molecule has 0 aliphatic heterocycles. The molecule has 0 saturated heterocycles. The Bertz CT molecular complexity index is 96.7. The molecule has 0 rings (SSSR count). The fraction of sp³-hybridized carbons (Fsp3) is 0.333. The van der Waals surface area contributed by atoms with Crippen LogP contribution in [-0.4, -0.2) is 5.75 Å². The highest BCUT2D eigenvalue weighted by molar-refractivity contribution is 14.1. The van der Waals surface area contributed by atoms with Crippen LogP contribution in [0.2, 0.25) is 0 Å². The van der Waals surface area contributed by atoms with E-state index >= 15 is 0 Å². The SMILES string of the molecule is C=C(/C=C\I)SCC. The zero-order chi connectivity index (χ0) is 6.41. The van der Waals surface area contributed by atoms with Crippen LogP contribution in [0.4, 0.5) is 0 Å². The molecule has 0 saturated carbocycles. The Balaban J connectivity index is 3.33. The highest BCUT2D eigenvalue weighted by Crippen LogP contribution is 2.13. The van der Waals surface area contributed by atoms with E-state index in [1.807, 2.05) is 10.2 Å². The zero-order valence-electron chi connectivity index (χ0n) is 4.86. The van der Waals surface area contributed by atoms with Gasteiger partial charge in [0.1, 0.15) is 0 Å². The molecule has 0 spiro atoms. The third-order valence-corrected chi connectivity index (χ3v) is 1.73. The number of rotatable bonds is 3. The van der Waals surface area contributed by atoms with Crippen LogP contribution < -0.4 is 0 Å². The molecular weight excluding hydrogens is 231 g/mol. The van der Waals surface area contributed by atoms with E-state index in [1.54, 1.807) is 11.8 Å². The number of allylic oxidation sites excluding steroid dienone is 1. The average molecular weight is 240 g/mol. The van der Waals surface area contributed by atoms with Crippen LogP contribution in [0.25, 0.3) is 0 Å². The topological polar surface area (TPSA) is 0 Å². The molecule has 0 aliphatic rings. The highest BCUT2D eigenvalue weighted by atomic mass is 127. The van der Waals surface area contributed by atoms with Crippen LogP contribution in [0.15, 0.2) is 21.6 Å². The van der Waals surface area contributed by atoms with Gasteiger partial charge in [0.15, 0.2) is 0 Å².